The number of carbonyl (C=O) groups is 2. The summed E-state index contributed by atoms with van der Waals surface area (Å²) in [5.41, 5.74) is 1.22. The molecule has 1 heterocycles. The molecule has 0 amide bonds. The second kappa shape index (κ2) is 11.2. The number of ketones is 1. The van der Waals surface area contributed by atoms with Gasteiger partial charge in [-0.15, -0.1) is 0 Å². The first-order valence-corrected chi connectivity index (χ1v) is 12.4. The summed E-state index contributed by atoms with van der Waals surface area (Å²) in [7, 11) is 0. The fourth-order valence-electron chi connectivity index (χ4n) is 4.35. The van der Waals surface area contributed by atoms with Crippen molar-refractivity contribution in [2.24, 2.45) is 0 Å². The second-order valence-electron chi connectivity index (χ2n) is 9.81. The molecule has 0 saturated heterocycles. The number of Topliss-reactive ketones (excluding diaryl/α,β-unsaturated/α-hetero) is 1. The number of rotatable bonds is 10. The molecular weight excluding hydrogens is 479 g/mol. The van der Waals surface area contributed by atoms with E-state index in [4.69, 9.17) is 19.6 Å². The van der Waals surface area contributed by atoms with Crippen molar-refractivity contribution in [3.8, 4) is 17.2 Å². The quantitative estimate of drug-likeness (QED) is 0.348. The van der Waals surface area contributed by atoms with Crippen molar-refractivity contribution in [2.75, 3.05) is 26.4 Å². The highest BCUT2D eigenvalue weighted by Gasteiger charge is 2.33. The minimum absolute atomic E-state index is 0.0435. The lowest BCUT2D eigenvalue weighted by atomic mass is 9.83. The zero-order valence-corrected chi connectivity index (χ0v) is 22.3. The first-order valence-electron chi connectivity index (χ1n) is 12.4. The van der Waals surface area contributed by atoms with Crippen molar-refractivity contribution in [3.63, 3.8) is 0 Å². The number of amidine groups is 1. The van der Waals surface area contributed by atoms with Gasteiger partial charge in [0.25, 0.3) is 0 Å². The number of fused-ring (bicyclic) bond motifs is 1. The molecule has 2 aromatic rings. The summed E-state index contributed by atoms with van der Waals surface area (Å²) < 4.78 is 31.4. The lowest BCUT2D eigenvalue weighted by molar-refractivity contribution is -0.142. The van der Waals surface area contributed by atoms with Gasteiger partial charge in [-0.05, 0) is 49.9 Å². The fraction of sp³-hybridized carbons (Fsp3) is 0.464. The molecule has 1 aliphatic rings. The number of ether oxygens (including phenoxy) is 3. The van der Waals surface area contributed by atoms with Gasteiger partial charge in [0, 0.05) is 23.2 Å². The number of esters is 1. The third-order valence-corrected chi connectivity index (χ3v) is 6.07. The summed E-state index contributed by atoms with van der Waals surface area (Å²) in [6.45, 7) is 11.6. The number of hydrogen-bond acceptors (Lipinski definition) is 7. The van der Waals surface area contributed by atoms with Crippen LogP contribution in [0.2, 0.25) is 0 Å². The van der Waals surface area contributed by atoms with E-state index >= 15 is 4.39 Å². The van der Waals surface area contributed by atoms with Crippen molar-refractivity contribution in [3.05, 3.63) is 51.8 Å². The van der Waals surface area contributed by atoms with Crippen LogP contribution < -0.4 is 9.47 Å². The lowest BCUT2D eigenvalue weighted by Gasteiger charge is -2.24. The Morgan fingerprint density at radius 3 is 2.35 bits per heavy atom. The molecular formula is C28H35FN2O6. The lowest BCUT2D eigenvalue weighted by Crippen LogP contribution is -2.31. The molecule has 8 nitrogen and oxygen atoms in total. The first-order chi connectivity index (χ1) is 17.4. The monoisotopic (exact) mass is 514 g/mol. The van der Waals surface area contributed by atoms with Gasteiger partial charge in [-0.1, -0.05) is 20.8 Å². The molecule has 0 aromatic heterocycles. The maximum Gasteiger partial charge on any atom is 0.310 e. The van der Waals surface area contributed by atoms with E-state index in [2.05, 4.69) is 0 Å². The van der Waals surface area contributed by atoms with Crippen molar-refractivity contribution >= 4 is 17.6 Å². The molecule has 0 radical (unpaired) electrons. The Labute approximate surface area is 216 Å². The number of hydrogen-bond donors (Lipinski definition) is 2. The molecule has 0 aliphatic carbocycles. The second-order valence-corrected chi connectivity index (χ2v) is 9.81. The number of aromatic hydroxyl groups is 1. The number of phenolic OH excluding ortho intramolecular Hbond substituents is 1. The molecule has 0 saturated carbocycles. The van der Waals surface area contributed by atoms with Crippen LogP contribution in [-0.4, -0.2) is 54.0 Å². The van der Waals surface area contributed by atoms with Crippen LogP contribution in [0.25, 0.3) is 0 Å². The van der Waals surface area contributed by atoms with Gasteiger partial charge in [0.2, 0.25) is 0 Å². The molecule has 3 rings (SSSR count). The van der Waals surface area contributed by atoms with E-state index in [1.807, 2.05) is 20.8 Å². The van der Waals surface area contributed by atoms with E-state index < -0.39 is 17.2 Å². The van der Waals surface area contributed by atoms with Crippen LogP contribution in [0.5, 0.6) is 17.2 Å². The van der Waals surface area contributed by atoms with Gasteiger partial charge in [-0.2, -0.15) is 0 Å². The highest BCUT2D eigenvalue weighted by atomic mass is 19.1. The summed E-state index contributed by atoms with van der Waals surface area (Å²) in [4.78, 5) is 27.0. The predicted molar refractivity (Wildman–Crippen MR) is 137 cm³/mol. The van der Waals surface area contributed by atoms with Crippen LogP contribution in [0.15, 0.2) is 18.2 Å². The van der Waals surface area contributed by atoms with Gasteiger partial charge in [0.15, 0.2) is 23.1 Å². The number of carbonyl (C=O) groups excluding carboxylic acids is 2. The minimum Gasteiger partial charge on any atom is -0.507 e. The van der Waals surface area contributed by atoms with Gasteiger partial charge in [-0.3, -0.25) is 15.0 Å². The summed E-state index contributed by atoms with van der Waals surface area (Å²) in [5.74, 6) is -1.47. The van der Waals surface area contributed by atoms with Crippen LogP contribution in [0.4, 0.5) is 4.39 Å². The predicted octanol–water partition coefficient (Wildman–Crippen LogP) is 4.76. The van der Waals surface area contributed by atoms with E-state index in [9.17, 15) is 14.7 Å². The molecule has 0 bridgehead atoms. The first kappa shape index (κ1) is 28.0. The topological polar surface area (TPSA) is 109 Å². The van der Waals surface area contributed by atoms with Gasteiger partial charge in [0.05, 0.1) is 38.3 Å². The number of benzene rings is 2. The van der Waals surface area contributed by atoms with E-state index in [-0.39, 0.29) is 72.7 Å². The van der Waals surface area contributed by atoms with Crippen LogP contribution >= 0.6 is 0 Å². The zero-order chi connectivity index (χ0) is 27.5. The van der Waals surface area contributed by atoms with Crippen LogP contribution in [0.1, 0.15) is 74.2 Å². The van der Waals surface area contributed by atoms with Crippen LogP contribution in [0, 0.1) is 11.2 Å². The average molecular weight is 515 g/mol. The zero-order valence-electron chi connectivity index (χ0n) is 22.3. The molecule has 2 aromatic carbocycles. The Hall–Kier alpha value is -3.62. The molecule has 9 heteroatoms. The molecule has 1 aliphatic heterocycles. The van der Waals surface area contributed by atoms with Gasteiger partial charge >= 0.3 is 5.97 Å². The Morgan fingerprint density at radius 2 is 1.76 bits per heavy atom. The Bertz CT molecular complexity index is 1220. The molecule has 37 heavy (non-hydrogen) atoms. The largest absolute Gasteiger partial charge is 0.507 e. The number of phenols is 1. The van der Waals surface area contributed by atoms with Crippen molar-refractivity contribution in [1.82, 2.24) is 4.90 Å². The Kier molecular flexibility index (Phi) is 8.46. The average Bonchev–Trinajstić information content (AvgIpc) is 3.12. The highest BCUT2D eigenvalue weighted by Crippen LogP contribution is 2.39. The summed E-state index contributed by atoms with van der Waals surface area (Å²) in [6.07, 6.45) is -0.180. The Balaban J connectivity index is 1.93. The molecule has 0 unspecified atom stereocenters. The van der Waals surface area contributed by atoms with Crippen LogP contribution in [0.3, 0.4) is 0 Å². The van der Waals surface area contributed by atoms with Crippen molar-refractivity contribution < 1.29 is 33.3 Å². The highest BCUT2D eigenvalue weighted by molar-refractivity contribution is 6.06. The molecule has 2 N–H and O–H groups in total. The third-order valence-electron chi connectivity index (χ3n) is 6.07. The van der Waals surface area contributed by atoms with Gasteiger partial charge in [0.1, 0.15) is 11.6 Å². The van der Waals surface area contributed by atoms with Crippen LogP contribution in [-0.2, 0) is 27.9 Å². The minimum atomic E-state index is -0.681. The smallest absolute Gasteiger partial charge is 0.310 e. The van der Waals surface area contributed by atoms with E-state index in [1.54, 1.807) is 32.9 Å². The normalized spacial score (nSPS) is 12.9. The van der Waals surface area contributed by atoms with Gasteiger partial charge in [-0.25, -0.2) is 4.39 Å². The van der Waals surface area contributed by atoms with E-state index in [1.165, 1.54) is 11.0 Å². The molecule has 0 atom stereocenters. The molecule has 0 fully saturated rings. The standard InChI is InChI=1S/C28H35FN2O6/c1-7-35-21-12-18-14-31(27(30)23(18)24(29)26(21)37-9-3)15-20(32)16-10-17(13-22(33)36-8-2)25(34)19(11-16)28(4,5)6/h10-12,30,34H,7-9,13-15H2,1-6H3. The summed E-state index contributed by atoms with van der Waals surface area (Å²) >= 11 is 0. The number of nitrogens with zero attached hydrogens (tertiary/aromatic N) is 1. The Morgan fingerprint density at radius 1 is 1.08 bits per heavy atom. The van der Waals surface area contributed by atoms with Gasteiger partial charge < -0.3 is 24.2 Å². The summed E-state index contributed by atoms with van der Waals surface area (Å²) in [5, 5.41) is 19.4. The summed E-state index contributed by atoms with van der Waals surface area (Å²) in [6, 6.07) is 4.75. The molecule has 200 valence electrons. The fourth-order valence-corrected chi connectivity index (χ4v) is 4.35. The maximum absolute atomic E-state index is 15.4. The number of nitrogens with one attached hydrogen (secondary N) is 1. The van der Waals surface area contributed by atoms with E-state index in [0.29, 0.717) is 23.3 Å². The SMILES string of the molecule is CCOC(=O)Cc1cc(C(=O)CN2Cc3cc(OCC)c(OCC)c(F)c3C2=N)cc(C(C)(C)C)c1O. The maximum atomic E-state index is 15.4. The van der Waals surface area contributed by atoms with E-state index in [0.717, 1.165) is 0 Å². The van der Waals surface area contributed by atoms with Crippen molar-refractivity contribution in [1.29, 1.82) is 5.41 Å². The molecule has 0 spiro atoms. The third kappa shape index (κ3) is 5.87. The number of halogens is 1. The van der Waals surface area contributed by atoms with Crippen molar-refractivity contribution in [2.45, 2.75) is 59.9 Å².